The molecule has 0 unspecified atom stereocenters. The maximum Gasteiger partial charge on any atom is 0.334 e. The van der Waals surface area contributed by atoms with Gasteiger partial charge in [0, 0.05) is 5.57 Å². The fraction of sp³-hybridized carbons (Fsp3) is 0.786. The summed E-state index contributed by atoms with van der Waals surface area (Å²) in [6.07, 6.45) is 4.03. The van der Waals surface area contributed by atoms with Crippen LogP contribution in [0.15, 0.2) is 11.6 Å². The molecule has 0 aromatic rings. The molecule has 0 spiro atoms. The van der Waals surface area contributed by atoms with Gasteiger partial charge in [-0.3, -0.25) is 0 Å². The maximum absolute atomic E-state index is 11.8. The van der Waals surface area contributed by atoms with E-state index in [2.05, 4.69) is 26.8 Å². The van der Waals surface area contributed by atoms with Crippen LogP contribution < -0.4 is 0 Å². The molecule has 0 saturated carbocycles. The Kier molecular flexibility index (Phi) is 3.51. The molecule has 2 nitrogen and oxygen atoms in total. The van der Waals surface area contributed by atoms with E-state index in [1.54, 1.807) is 0 Å². The van der Waals surface area contributed by atoms with Crippen LogP contribution in [0.1, 0.15) is 54.4 Å². The fourth-order valence-electron chi connectivity index (χ4n) is 1.92. The SMILES string of the molecule is CC(C)(C)OC(=O)C1=C[C@H](C(C)(C)C)CC1. The molecule has 0 N–H and O–H groups in total. The van der Waals surface area contributed by atoms with Crippen molar-refractivity contribution in [3.63, 3.8) is 0 Å². The molecule has 0 fully saturated rings. The maximum atomic E-state index is 11.8. The first kappa shape index (κ1) is 13.3. The van der Waals surface area contributed by atoms with E-state index in [0.29, 0.717) is 5.92 Å². The normalized spacial score (nSPS) is 21.9. The van der Waals surface area contributed by atoms with E-state index in [1.165, 1.54) is 0 Å². The smallest absolute Gasteiger partial charge is 0.334 e. The fourth-order valence-corrected chi connectivity index (χ4v) is 1.92. The second-order valence-electron chi connectivity index (χ2n) is 6.70. The van der Waals surface area contributed by atoms with Crippen molar-refractivity contribution in [1.29, 1.82) is 0 Å². The first-order valence-electron chi connectivity index (χ1n) is 6.03. The van der Waals surface area contributed by atoms with Gasteiger partial charge in [0.05, 0.1) is 0 Å². The molecule has 0 saturated heterocycles. The summed E-state index contributed by atoms with van der Waals surface area (Å²) in [4.78, 5) is 11.8. The molecule has 1 rings (SSSR count). The molecule has 0 heterocycles. The molecule has 1 aliphatic rings. The van der Waals surface area contributed by atoms with Crippen molar-refractivity contribution in [2.45, 2.75) is 60.0 Å². The second-order valence-corrected chi connectivity index (χ2v) is 6.70. The molecule has 0 bridgehead atoms. The molecule has 16 heavy (non-hydrogen) atoms. The van der Waals surface area contributed by atoms with E-state index >= 15 is 0 Å². The summed E-state index contributed by atoms with van der Waals surface area (Å²) < 4.78 is 5.38. The number of carbonyl (C=O) groups excluding carboxylic acids is 1. The van der Waals surface area contributed by atoms with Crippen LogP contribution in [-0.4, -0.2) is 11.6 Å². The average Bonchev–Trinajstić information content (AvgIpc) is 2.46. The van der Waals surface area contributed by atoms with Crippen LogP contribution in [0, 0.1) is 11.3 Å². The van der Waals surface area contributed by atoms with Crippen LogP contribution in [0.4, 0.5) is 0 Å². The number of allylic oxidation sites excluding steroid dienone is 1. The molecule has 1 atom stereocenters. The Morgan fingerprint density at radius 1 is 1.25 bits per heavy atom. The number of rotatable bonds is 1. The van der Waals surface area contributed by atoms with Crippen molar-refractivity contribution in [2.24, 2.45) is 11.3 Å². The third-order valence-electron chi connectivity index (χ3n) is 2.90. The van der Waals surface area contributed by atoms with Gasteiger partial charge in [-0.1, -0.05) is 26.8 Å². The second kappa shape index (κ2) is 4.23. The lowest BCUT2D eigenvalue weighted by Crippen LogP contribution is -2.24. The van der Waals surface area contributed by atoms with Gasteiger partial charge in [0.15, 0.2) is 0 Å². The highest BCUT2D eigenvalue weighted by Gasteiger charge is 2.31. The summed E-state index contributed by atoms with van der Waals surface area (Å²) in [5.74, 6) is 0.356. The van der Waals surface area contributed by atoms with Crippen molar-refractivity contribution in [3.05, 3.63) is 11.6 Å². The molecular formula is C14H24O2. The van der Waals surface area contributed by atoms with Gasteiger partial charge in [0.2, 0.25) is 0 Å². The van der Waals surface area contributed by atoms with Gasteiger partial charge in [0.1, 0.15) is 5.60 Å². The van der Waals surface area contributed by atoms with Crippen LogP contribution in [0.5, 0.6) is 0 Å². The molecule has 0 aromatic carbocycles. The van der Waals surface area contributed by atoms with E-state index in [0.717, 1.165) is 18.4 Å². The summed E-state index contributed by atoms with van der Waals surface area (Å²) in [7, 11) is 0. The lowest BCUT2D eigenvalue weighted by atomic mass is 9.81. The number of hydrogen-bond acceptors (Lipinski definition) is 2. The Morgan fingerprint density at radius 2 is 1.81 bits per heavy atom. The predicted molar refractivity (Wildman–Crippen MR) is 66.1 cm³/mol. The molecule has 92 valence electrons. The minimum absolute atomic E-state index is 0.140. The van der Waals surface area contributed by atoms with Crippen LogP contribution in [-0.2, 0) is 9.53 Å². The van der Waals surface area contributed by atoms with Gasteiger partial charge in [-0.2, -0.15) is 0 Å². The molecule has 2 heteroatoms. The lowest BCUT2D eigenvalue weighted by Gasteiger charge is -2.24. The molecule has 1 aliphatic carbocycles. The van der Waals surface area contributed by atoms with Gasteiger partial charge in [0.25, 0.3) is 0 Å². The summed E-state index contributed by atoms with van der Waals surface area (Å²) in [6.45, 7) is 12.4. The number of carbonyl (C=O) groups is 1. The van der Waals surface area contributed by atoms with Gasteiger partial charge in [-0.15, -0.1) is 0 Å². The average molecular weight is 224 g/mol. The highest BCUT2D eigenvalue weighted by molar-refractivity contribution is 5.89. The Labute approximate surface area is 99.1 Å². The van der Waals surface area contributed by atoms with E-state index in [1.807, 2.05) is 20.8 Å². The van der Waals surface area contributed by atoms with Crippen molar-refractivity contribution in [2.75, 3.05) is 0 Å². The topological polar surface area (TPSA) is 26.3 Å². The van der Waals surface area contributed by atoms with Crippen molar-refractivity contribution >= 4 is 5.97 Å². The summed E-state index contributed by atoms with van der Waals surface area (Å²) in [6, 6.07) is 0. The Hall–Kier alpha value is -0.790. The van der Waals surface area contributed by atoms with Crippen molar-refractivity contribution in [3.8, 4) is 0 Å². The zero-order valence-electron chi connectivity index (χ0n) is 11.4. The van der Waals surface area contributed by atoms with Crippen LogP contribution in [0.2, 0.25) is 0 Å². The first-order valence-corrected chi connectivity index (χ1v) is 6.03. The summed E-state index contributed by atoms with van der Waals surface area (Å²) in [5.41, 5.74) is 0.705. The quantitative estimate of drug-likeness (QED) is 0.635. The number of ether oxygens (including phenoxy) is 1. The third-order valence-corrected chi connectivity index (χ3v) is 2.90. The van der Waals surface area contributed by atoms with Gasteiger partial charge in [-0.05, 0) is 44.9 Å². The van der Waals surface area contributed by atoms with Gasteiger partial charge in [-0.25, -0.2) is 4.79 Å². The largest absolute Gasteiger partial charge is 0.457 e. The van der Waals surface area contributed by atoms with Gasteiger partial charge >= 0.3 is 5.97 Å². The summed E-state index contributed by atoms with van der Waals surface area (Å²) in [5, 5.41) is 0. The summed E-state index contributed by atoms with van der Waals surface area (Å²) >= 11 is 0. The van der Waals surface area contributed by atoms with E-state index in [-0.39, 0.29) is 11.4 Å². The standard InChI is InChI=1S/C14H24O2/c1-13(2,3)11-8-7-10(9-11)12(15)16-14(4,5)6/h9,11H,7-8H2,1-6H3/t11-/m1/s1. The lowest BCUT2D eigenvalue weighted by molar-refractivity contribution is -0.149. The molecule has 0 amide bonds. The Balaban J connectivity index is 2.67. The van der Waals surface area contributed by atoms with Crippen LogP contribution >= 0.6 is 0 Å². The van der Waals surface area contributed by atoms with E-state index in [4.69, 9.17) is 4.74 Å². The predicted octanol–water partition coefficient (Wildman–Crippen LogP) is 3.71. The zero-order chi connectivity index (χ0) is 12.6. The Bertz CT molecular complexity index is 300. The van der Waals surface area contributed by atoms with E-state index < -0.39 is 5.60 Å². The molecular weight excluding hydrogens is 200 g/mol. The minimum Gasteiger partial charge on any atom is -0.457 e. The van der Waals surface area contributed by atoms with E-state index in [9.17, 15) is 4.79 Å². The van der Waals surface area contributed by atoms with Crippen LogP contribution in [0.25, 0.3) is 0 Å². The number of hydrogen-bond donors (Lipinski definition) is 0. The number of esters is 1. The Morgan fingerprint density at radius 3 is 2.19 bits per heavy atom. The molecule has 0 radical (unpaired) electrons. The first-order chi connectivity index (χ1) is 7.09. The van der Waals surface area contributed by atoms with Crippen molar-refractivity contribution < 1.29 is 9.53 Å². The van der Waals surface area contributed by atoms with Gasteiger partial charge < -0.3 is 4.74 Å². The monoisotopic (exact) mass is 224 g/mol. The van der Waals surface area contributed by atoms with Crippen LogP contribution in [0.3, 0.4) is 0 Å². The molecule has 0 aliphatic heterocycles. The highest BCUT2D eigenvalue weighted by Crippen LogP contribution is 2.38. The zero-order valence-corrected chi connectivity index (χ0v) is 11.4. The third kappa shape index (κ3) is 3.66. The highest BCUT2D eigenvalue weighted by atomic mass is 16.6. The molecule has 0 aromatic heterocycles. The minimum atomic E-state index is -0.391. The van der Waals surface area contributed by atoms with Crippen molar-refractivity contribution in [1.82, 2.24) is 0 Å².